The fraction of sp³-hybridized carbons (Fsp3) is 0.300. The standard InChI is InChI=1S/C10H10O3/c1-6-9(10(11)12)7-4-2-3-5-8(7)13-6/h2-6,9H,1H3,(H,11,12)/t6-,9+/m1/s1. The van der Waals surface area contributed by atoms with Gasteiger partial charge in [-0.25, -0.2) is 0 Å². The summed E-state index contributed by atoms with van der Waals surface area (Å²) in [5, 5.41) is 8.95. The van der Waals surface area contributed by atoms with Crippen LogP contribution < -0.4 is 4.74 Å². The summed E-state index contributed by atoms with van der Waals surface area (Å²) in [7, 11) is 0. The first kappa shape index (κ1) is 8.10. The number of hydrogen-bond acceptors (Lipinski definition) is 2. The van der Waals surface area contributed by atoms with E-state index < -0.39 is 11.9 Å². The molecule has 3 nitrogen and oxygen atoms in total. The molecule has 0 fully saturated rings. The molecule has 1 N–H and O–H groups in total. The van der Waals surface area contributed by atoms with E-state index in [0.29, 0.717) is 5.75 Å². The molecule has 0 aliphatic carbocycles. The lowest BCUT2D eigenvalue weighted by atomic mass is 9.97. The van der Waals surface area contributed by atoms with E-state index in [1.54, 1.807) is 19.1 Å². The van der Waals surface area contributed by atoms with Gasteiger partial charge in [0.05, 0.1) is 0 Å². The second kappa shape index (κ2) is 2.76. The average molecular weight is 178 g/mol. The summed E-state index contributed by atoms with van der Waals surface area (Å²) in [6.45, 7) is 1.78. The molecular weight excluding hydrogens is 168 g/mol. The van der Waals surface area contributed by atoms with Gasteiger partial charge in [-0.15, -0.1) is 0 Å². The number of para-hydroxylation sites is 1. The average Bonchev–Trinajstić information content (AvgIpc) is 2.39. The summed E-state index contributed by atoms with van der Waals surface area (Å²) < 4.78 is 5.40. The third-order valence-corrected chi connectivity index (χ3v) is 2.30. The van der Waals surface area contributed by atoms with Crippen LogP contribution in [0.15, 0.2) is 24.3 Å². The molecule has 0 radical (unpaired) electrons. The Hall–Kier alpha value is -1.51. The number of aliphatic carboxylic acids is 1. The van der Waals surface area contributed by atoms with Gasteiger partial charge in [-0.1, -0.05) is 18.2 Å². The molecule has 2 rings (SSSR count). The van der Waals surface area contributed by atoms with Crippen molar-refractivity contribution in [2.45, 2.75) is 18.9 Å². The van der Waals surface area contributed by atoms with Crippen LogP contribution in [0.25, 0.3) is 0 Å². The van der Waals surface area contributed by atoms with Gasteiger partial charge in [0.15, 0.2) is 0 Å². The molecule has 1 aromatic rings. The predicted octanol–water partition coefficient (Wildman–Crippen LogP) is 1.64. The fourth-order valence-electron chi connectivity index (χ4n) is 1.70. The van der Waals surface area contributed by atoms with Crippen LogP contribution in [0.3, 0.4) is 0 Å². The lowest BCUT2D eigenvalue weighted by Gasteiger charge is -2.08. The lowest BCUT2D eigenvalue weighted by Crippen LogP contribution is -2.21. The van der Waals surface area contributed by atoms with Crippen molar-refractivity contribution in [1.29, 1.82) is 0 Å². The molecule has 1 aliphatic heterocycles. The van der Waals surface area contributed by atoms with Crippen LogP contribution in [0.2, 0.25) is 0 Å². The smallest absolute Gasteiger partial charge is 0.314 e. The molecule has 0 saturated carbocycles. The molecule has 0 bridgehead atoms. The second-order valence-electron chi connectivity index (χ2n) is 3.18. The SMILES string of the molecule is C[C@H]1Oc2ccccc2[C@H]1C(=O)O. The zero-order chi connectivity index (χ0) is 9.42. The van der Waals surface area contributed by atoms with E-state index in [0.717, 1.165) is 5.56 Å². The van der Waals surface area contributed by atoms with E-state index >= 15 is 0 Å². The number of fused-ring (bicyclic) bond motifs is 1. The Morgan fingerprint density at radius 3 is 2.85 bits per heavy atom. The van der Waals surface area contributed by atoms with E-state index in [-0.39, 0.29) is 6.10 Å². The first-order valence-electron chi connectivity index (χ1n) is 4.18. The third-order valence-electron chi connectivity index (χ3n) is 2.30. The van der Waals surface area contributed by atoms with E-state index in [4.69, 9.17) is 9.84 Å². The Bertz CT molecular complexity index is 346. The highest BCUT2D eigenvalue weighted by molar-refractivity contribution is 5.79. The van der Waals surface area contributed by atoms with Crippen LogP contribution in [0.5, 0.6) is 5.75 Å². The van der Waals surface area contributed by atoms with E-state index in [2.05, 4.69) is 0 Å². The first-order valence-corrected chi connectivity index (χ1v) is 4.18. The maximum Gasteiger partial charge on any atom is 0.314 e. The third kappa shape index (κ3) is 1.16. The summed E-state index contributed by atoms with van der Waals surface area (Å²) in [4.78, 5) is 10.9. The molecule has 0 saturated heterocycles. The molecule has 1 aliphatic rings. The maximum absolute atomic E-state index is 10.9. The van der Waals surface area contributed by atoms with Gasteiger partial charge in [-0.3, -0.25) is 4.79 Å². The van der Waals surface area contributed by atoms with Crippen LogP contribution in [-0.2, 0) is 4.79 Å². The number of carbonyl (C=O) groups is 1. The van der Waals surface area contributed by atoms with Crippen molar-refractivity contribution in [1.82, 2.24) is 0 Å². The van der Waals surface area contributed by atoms with Gasteiger partial charge in [0.2, 0.25) is 0 Å². The molecule has 0 amide bonds. The Morgan fingerprint density at radius 1 is 1.46 bits per heavy atom. The zero-order valence-corrected chi connectivity index (χ0v) is 7.23. The molecule has 1 aromatic carbocycles. The van der Waals surface area contributed by atoms with Crippen molar-refractivity contribution in [3.05, 3.63) is 29.8 Å². The van der Waals surface area contributed by atoms with Crippen LogP contribution in [0.1, 0.15) is 18.4 Å². The predicted molar refractivity (Wildman–Crippen MR) is 46.9 cm³/mol. The molecule has 0 aromatic heterocycles. The van der Waals surface area contributed by atoms with Crippen molar-refractivity contribution in [3.63, 3.8) is 0 Å². The normalized spacial score (nSPS) is 25.0. The second-order valence-corrected chi connectivity index (χ2v) is 3.18. The minimum Gasteiger partial charge on any atom is -0.489 e. The quantitative estimate of drug-likeness (QED) is 0.711. The van der Waals surface area contributed by atoms with E-state index in [1.807, 2.05) is 12.1 Å². The summed E-state index contributed by atoms with van der Waals surface area (Å²) in [6.07, 6.45) is -0.269. The summed E-state index contributed by atoms with van der Waals surface area (Å²) >= 11 is 0. The minimum absolute atomic E-state index is 0.269. The fourth-order valence-corrected chi connectivity index (χ4v) is 1.70. The molecule has 68 valence electrons. The lowest BCUT2D eigenvalue weighted by molar-refractivity contribution is -0.140. The number of hydrogen-bond donors (Lipinski definition) is 1. The van der Waals surface area contributed by atoms with Gasteiger partial charge in [-0.2, -0.15) is 0 Å². The molecule has 1 heterocycles. The monoisotopic (exact) mass is 178 g/mol. The van der Waals surface area contributed by atoms with Crippen molar-refractivity contribution < 1.29 is 14.6 Å². The van der Waals surface area contributed by atoms with Crippen molar-refractivity contribution in [2.75, 3.05) is 0 Å². The summed E-state index contributed by atoms with van der Waals surface area (Å²) in [5.74, 6) is -0.643. The number of carboxylic acid groups (broad SMARTS) is 1. The molecule has 0 unspecified atom stereocenters. The highest BCUT2D eigenvalue weighted by Crippen LogP contribution is 2.37. The van der Waals surface area contributed by atoms with Crippen molar-refractivity contribution in [2.24, 2.45) is 0 Å². The van der Waals surface area contributed by atoms with Crippen LogP contribution in [-0.4, -0.2) is 17.2 Å². The zero-order valence-electron chi connectivity index (χ0n) is 7.23. The van der Waals surface area contributed by atoms with Crippen LogP contribution in [0, 0.1) is 0 Å². The van der Waals surface area contributed by atoms with E-state index in [9.17, 15) is 4.79 Å². The van der Waals surface area contributed by atoms with Crippen LogP contribution >= 0.6 is 0 Å². The number of rotatable bonds is 1. The number of benzene rings is 1. The van der Waals surface area contributed by atoms with Gasteiger partial charge < -0.3 is 9.84 Å². The van der Waals surface area contributed by atoms with Gasteiger partial charge in [0, 0.05) is 5.56 Å². The van der Waals surface area contributed by atoms with Gasteiger partial charge >= 0.3 is 5.97 Å². The van der Waals surface area contributed by atoms with Crippen molar-refractivity contribution >= 4 is 5.97 Å². The molecule has 0 spiro atoms. The van der Waals surface area contributed by atoms with Gasteiger partial charge in [0.1, 0.15) is 17.8 Å². The molecular formula is C10H10O3. The highest BCUT2D eigenvalue weighted by atomic mass is 16.5. The Kier molecular flexibility index (Phi) is 1.72. The largest absolute Gasteiger partial charge is 0.489 e. The number of carboxylic acids is 1. The van der Waals surface area contributed by atoms with Crippen molar-refractivity contribution in [3.8, 4) is 5.75 Å². The molecule has 13 heavy (non-hydrogen) atoms. The minimum atomic E-state index is -0.822. The summed E-state index contributed by atoms with van der Waals surface area (Å²) in [6, 6.07) is 7.28. The number of ether oxygens (including phenoxy) is 1. The first-order chi connectivity index (χ1) is 6.20. The van der Waals surface area contributed by atoms with Crippen LogP contribution in [0.4, 0.5) is 0 Å². The highest BCUT2D eigenvalue weighted by Gasteiger charge is 2.36. The summed E-state index contributed by atoms with van der Waals surface area (Å²) in [5.41, 5.74) is 0.780. The van der Waals surface area contributed by atoms with E-state index in [1.165, 1.54) is 0 Å². The molecule has 3 heteroatoms. The Balaban J connectivity index is 2.46. The van der Waals surface area contributed by atoms with Gasteiger partial charge in [0.25, 0.3) is 0 Å². The van der Waals surface area contributed by atoms with Gasteiger partial charge in [-0.05, 0) is 13.0 Å². The Labute approximate surface area is 76.0 Å². The molecule has 2 atom stereocenters. The Morgan fingerprint density at radius 2 is 2.15 bits per heavy atom. The maximum atomic E-state index is 10.9. The topological polar surface area (TPSA) is 46.5 Å².